The lowest BCUT2D eigenvalue weighted by atomic mass is 10.3. The first-order chi connectivity index (χ1) is 6.95. The van der Waals surface area contributed by atoms with E-state index in [9.17, 15) is 0 Å². The van der Waals surface area contributed by atoms with E-state index >= 15 is 0 Å². The molecule has 0 bridgehead atoms. The summed E-state index contributed by atoms with van der Waals surface area (Å²) in [5.41, 5.74) is 0. The Balaban J connectivity index is 3.07. The van der Waals surface area contributed by atoms with Gasteiger partial charge in [-0.3, -0.25) is 0 Å². The van der Waals surface area contributed by atoms with Crippen molar-refractivity contribution in [2.24, 2.45) is 0 Å². The van der Waals surface area contributed by atoms with E-state index in [4.69, 9.17) is 6.85 Å². The van der Waals surface area contributed by atoms with Gasteiger partial charge in [-0.2, -0.15) is 0 Å². The summed E-state index contributed by atoms with van der Waals surface area (Å²) in [5, 5.41) is 0.459. The van der Waals surface area contributed by atoms with Crippen LogP contribution in [0.1, 0.15) is 6.85 Å². The van der Waals surface area contributed by atoms with Crippen molar-refractivity contribution in [1.29, 1.82) is 0 Å². The topological polar surface area (TPSA) is 0 Å². The summed E-state index contributed by atoms with van der Waals surface area (Å²) < 4.78 is 38.6. The summed E-state index contributed by atoms with van der Waals surface area (Å²) >= 11 is 4.14. The molecule has 1 aromatic heterocycles. The molecule has 0 saturated carbocycles. The fraction of sp³-hybridized carbons (Fsp3) is 0. The molecule has 2 heteroatoms. The van der Waals surface area contributed by atoms with Crippen LogP contribution in [0.15, 0.2) is 34.0 Å². The molecule has 0 aliphatic heterocycles. The van der Waals surface area contributed by atoms with E-state index < -0.39 is 0 Å². The Hall–Kier alpha value is -0.340. The highest BCUT2D eigenvalue weighted by Gasteiger charge is 1.95. The van der Waals surface area contributed by atoms with Crippen molar-refractivity contribution in [1.82, 2.24) is 0 Å². The van der Waals surface area contributed by atoms with E-state index in [1.54, 1.807) is 0 Å². The van der Waals surface area contributed by atoms with Crippen molar-refractivity contribution in [2.75, 3.05) is 0 Å². The van der Waals surface area contributed by atoms with Crippen LogP contribution in [-0.2, 0) is 0 Å². The lowest BCUT2D eigenvalue weighted by molar-refractivity contribution is 1.79. The summed E-state index contributed by atoms with van der Waals surface area (Å²) in [5.74, 6) is 0. The third-order valence-electron chi connectivity index (χ3n) is 1.12. The maximum atomic E-state index is 7.65. The molecular formula is C8H5BrS. The molecule has 0 radical (unpaired) electrons. The Morgan fingerprint density at radius 1 is 1.40 bits per heavy atom. The highest BCUT2D eigenvalue weighted by Crippen LogP contribution is 2.27. The van der Waals surface area contributed by atoms with Gasteiger partial charge in [0, 0.05) is 14.6 Å². The molecule has 0 N–H and O–H groups in total. The minimum absolute atomic E-state index is 0.0175. The molecular weight excluding hydrogens is 208 g/mol. The quantitative estimate of drug-likeness (QED) is 0.632. The van der Waals surface area contributed by atoms with Gasteiger partial charge in [0.15, 0.2) is 0 Å². The molecule has 50 valence electrons. The van der Waals surface area contributed by atoms with Crippen molar-refractivity contribution in [3.63, 3.8) is 0 Å². The monoisotopic (exact) mass is 217 g/mol. The van der Waals surface area contributed by atoms with Crippen LogP contribution in [0.2, 0.25) is 0 Å². The Labute approximate surface area is 78.6 Å². The summed E-state index contributed by atoms with van der Waals surface area (Å²) in [6, 6.07) is -0.325. The van der Waals surface area contributed by atoms with E-state index in [1.165, 1.54) is 0 Å². The van der Waals surface area contributed by atoms with Gasteiger partial charge in [-0.25, -0.2) is 0 Å². The average Bonchev–Trinajstić information content (AvgIpc) is 2.50. The number of hydrogen-bond donors (Lipinski definition) is 0. The number of halogens is 1. The second kappa shape index (κ2) is 2.36. The zero-order valence-electron chi connectivity index (χ0n) is 9.79. The number of rotatable bonds is 0. The van der Waals surface area contributed by atoms with Crippen molar-refractivity contribution in [2.45, 2.75) is 0 Å². The molecule has 0 unspecified atom stereocenters. The van der Waals surface area contributed by atoms with E-state index in [2.05, 4.69) is 15.9 Å². The summed E-state index contributed by atoms with van der Waals surface area (Å²) in [6.07, 6.45) is 0. The predicted octanol–water partition coefficient (Wildman–Crippen LogP) is 3.66. The van der Waals surface area contributed by atoms with Gasteiger partial charge in [-0.1, -0.05) is 22.0 Å². The van der Waals surface area contributed by atoms with E-state index in [-0.39, 0.29) is 29.5 Å². The van der Waals surface area contributed by atoms with Crippen LogP contribution >= 0.6 is 27.3 Å². The second-order valence-electron chi connectivity index (χ2n) is 1.72. The van der Waals surface area contributed by atoms with Crippen LogP contribution in [0.5, 0.6) is 0 Å². The second-order valence-corrected chi connectivity index (χ2v) is 3.33. The molecule has 2 rings (SSSR count). The first-order valence-corrected chi connectivity index (χ1v) is 4.21. The normalized spacial score (nSPS) is 17.5. The van der Waals surface area contributed by atoms with Gasteiger partial charge in [0.1, 0.15) is 0 Å². The summed E-state index contributed by atoms with van der Waals surface area (Å²) in [7, 11) is 0. The molecule has 10 heavy (non-hydrogen) atoms. The summed E-state index contributed by atoms with van der Waals surface area (Å²) in [4.78, 5) is 0. The molecule has 0 aliphatic rings. The summed E-state index contributed by atoms with van der Waals surface area (Å²) in [6.45, 7) is 0. The molecule has 0 fully saturated rings. The number of thiophene rings is 1. The van der Waals surface area contributed by atoms with Crippen molar-refractivity contribution in [3.8, 4) is 0 Å². The molecule has 1 aromatic carbocycles. The molecule has 0 aliphatic carbocycles. The molecule has 0 atom stereocenters. The maximum Gasteiger partial charge on any atom is 0.0740 e. The van der Waals surface area contributed by atoms with Gasteiger partial charge in [-0.05, 0) is 23.5 Å². The minimum atomic E-state index is -0.171. The smallest absolute Gasteiger partial charge is 0.0740 e. The highest BCUT2D eigenvalue weighted by molar-refractivity contribution is 9.10. The minimum Gasteiger partial charge on any atom is -0.144 e. The molecule has 0 amide bonds. The molecule has 0 saturated heterocycles. The Bertz CT molecular complexity index is 562. The predicted molar refractivity (Wildman–Crippen MR) is 49.5 cm³/mol. The first kappa shape index (κ1) is 2.95. The van der Waals surface area contributed by atoms with Crippen LogP contribution in [0, 0.1) is 0 Å². The fourth-order valence-corrected chi connectivity index (χ4v) is 1.82. The molecule has 2 aromatic rings. The van der Waals surface area contributed by atoms with Crippen LogP contribution in [0.25, 0.3) is 10.1 Å². The van der Waals surface area contributed by atoms with Crippen LogP contribution in [0.3, 0.4) is 0 Å². The Morgan fingerprint density at radius 2 is 2.30 bits per heavy atom. The third-order valence-corrected chi connectivity index (χ3v) is 2.43. The average molecular weight is 218 g/mol. The van der Waals surface area contributed by atoms with Crippen LogP contribution in [0.4, 0.5) is 0 Å². The lowest BCUT2D eigenvalue weighted by Gasteiger charge is -1.89. The fourth-order valence-electron chi connectivity index (χ4n) is 0.683. The standard InChI is InChI=1S/C8H5BrS/c9-7-2-1-3-8-6(7)4-5-10-8/h1-5H/i1D,2D,3D,4D,5D. The SMILES string of the molecule is [2H]c1sc2c([2H])c([2H])c([2H])c(Br)c2c1[2H]. The molecule has 1 heterocycles. The number of benzene rings is 1. The highest BCUT2D eigenvalue weighted by atomic mass is 79.9. The Kier molecular flexibility index (Phi) is 0.698. The van der Waals surface area contributed by atoms with Gasteiger partial charge < -0.3 is 0 Å². The van der Waals surface area contributed by atoms with Crippen LogP contribution in [-0.4, -0.2) is 0 Å². The van der Waals surface area contributed by atoms with Gasteiger partial charge in [-0.15, -0.1) is 11.3 Å². The van der Waals surface area contributed by atoms with E-state index in [0.29, 0.717) is 14.6 Å². The zero-order valence-corrected chi connectivity index (χ0v) is 7.19. The molecule has 0 nitrogen and oxygen atoms in total. The number of hydrogen-bond acceptors (Lipinski definition) is 1. The van der Waals surface area contributed by atoms with Gasteiger partial charge in [0.25, 0.3) is 0 Å². The zero-order chi connectivity index (χ0) is 11.3. The van der Waals surface area contributed by atoms with Crippen molar-refractivity contribution < 1.29 is 6.85 Å². The van der Waals surface area contributed by atoms with Crippen molar-refractivity contribution >= 4 is 37.4 Å². The lowest BCUT2D eigenvalue weighted by Crippen LogP contribution is -1.62. The third kappa shape index (κ3) is 0.879. The van der Waals surface area contributed by atoms with E-state index in [1.807, 2.05) is 0 Å². The van der Waals surface area contributed by atoms with Gasteiger partial charge in [0.2, 0.25) is 0 Å². The Morgan fingerprint density at radius 3 is 3.20 bits per heavy atom. The molecule has 0 spiro atoms. The van der Waals surface area contributed by atoms with Crippen LogP contribution < -0.4 is 0 Å². The van der Waals surface area contributed by atoms with Gasteiger partial charge >= 0.3 is 0 Å². The maximum absolute atomic E-state index is 7.65. The van der Waals surface area contributed by atoms with E-state index in [0.717, 1.165) is 11.3 Å². The number of fused-ring (bicyclic) bond motifs is 1. The van der Waals surface area contributed by atoms with Gasteiger partial charge in [0.05, 0.1) is 6.85 Å². The van der Waals surface area contributed by atoms with Crippen molar-refractivity contribution in [3.05, 3.63) is 34.0 Å². The largest absolute Gasteiger partial charge is 0.144 e. The first-order valence-electron chi connectivity index (χ1n) is 5.10.